The van der Waals surface area contributed by atoms with Crippen molar-refractivity contribution in [1.29, 1.82) is 0 Å². The fraction of sp³-hybridized carbons (Fsp3) is 0.214. The van der Waals surface area contributed by atoms with Gasteiger partial charge in [0.15, 0.2) is 0 Å². The van der Waals surface area contributed by atoms with Crippen LogP contribution in [0, 0.1) is 0 Å². The Morgan fingerprint density at radius 3 is 2.61 bits per heavy atom. The summed E-state index contributed by atoms with van der Waals surface area (Å²) in [7, 11) is 1.65. The molecule has 0 aliphatic carbocycles. The summed E-state index contributed by atoms with van der Waals surface area (Å²) in [6.45, 7) is 2.06. The molecule has 3 N–H and O–H groups in total. The van der Waals surface area contributed by atoms with Gasteiger partial charge in [-0.25, -0.2) is 0 Å². The van der Waals surface area contributed by atoms with Gasteiger partial charge in [-0.2, -0.15) is 0 Å². The average molecular weight is 244 g/mol. The van der Waals surface area contributed by atoms with Crippen LogP contribution in [0.1, 0.15) is 12.5 Å². The molecule has 0 saturated carbocycles. The number of nitrogen functional groups attached to an aromatic ring is 1. The Morgan fingerprint density at radius 2 is 2.00 bits per heavy atom. The van der Waals surface area contributed by atoms with E-state index in [-0.39, 0.29) is 5.56 Å². The van der Waals surface area contributed by atoms with E-state index in [9.17, 15) is 4.79 Å². The Morgan fingerprint density at radius 1 is 1.22 bits per heavy atom. The smallest absolute Gasteiger partial charge is 0.250 e. The van der Waals surface area contributed by atoms with Crippen LogP contribution in [-0.4, -0.2) is 12.1 Å². The molecule has 0 fully saturated rings. The second kappa shape index (κ2) is 4.96. The summed E-state index contributed by atoms with van der Waals surface area (Å²) >= 11 is 0. The maximum Gasteiger partial charge on any atom is 0.250 e. The van der Waals surface area contributed by atoms with E-state index in [4.69, 9.17) is 10.5 Å². The Labute approximate surface area is 105 Å². The molecule has 1 aromatic heterocycles. The predicted octanol–water partition coefficient (Wildman–Crippen LogP) is 2.20. The molecule has 0 amide bonds. The number of aryl methyl sites for hydroxylation is 1. The minimum absolute atomic E-state index is 0.195. The molecule has 0 spiro atoms. The van der Waals surface area contributed by atoms with Crippen LogP contribution in [0.5, 0.6) is 5.75 Å². The monoisotopic (exact) mass is 244 g/mol. The summed E-state index contributed by atoms with van der Waals surface area (Å²) in [5, 5.41) is 0. The summed E-state index contributed by atoms with van der Waals surface area (Å²) in [5.74, 6) is 1.23. The first-order chi connectivity index (χ1) is 8.63. The Kier molecular flexibility index (Phi) is 3.37. The highest BCUT2D eigenvalue weighted by Crippen LogP contribution is 2.26. The van der Waals surface area contributed by atoms with E-state index in [0.29, 0.717) is 5.82 Å². The van der Waals surface area contributed by atoms with Crippen LogP contribution < -0.4 is 16.0 Å². The van der Waals surface area contributed by atoms with Crippen molar-refractivity contribution in [2.75, 3.05) is 12.8 Å². The van der Waals surface area contributed by atoms with Crippen molar-refractivity contribution in [3.05, 3.63) is 46.2 Å². The minimum Gasteiger partial charge on any atom is -0.496 e. The first kappa shape index (κ1) is 12.2. The maximum absolute atomic E-state index is 11.4. The first-order valence-corrected chi connectivity index (χ1v) is 5.81. The molecule has 0 saturated heterocycles. The SMILES string of the molecule is CCc1cc(-c2cc(N)[nH]c(=O)c2)ccc1OC. The number of hydrogen-bond donors (Lipinski definition) is 2. The molecule has 1 aromatic carbocycles. The number of ether oxygens (including phenoxy) is 1. The van der Waals surface area contributed by atoms with E-state index in [1.54, 1.807) is 13.2 Å². The summed E-state index contributed by atoms with van der Waals surface area (Å²) in [6, 6.07) is 9.14. The molecule has 18 heavy (non-hydrogen) atoms. The Balaban J connectivity index is 2.54. The maximum atomic E-state index is 11.4. The third-order valence-electron chi connectivity index (χ3n) is 2.86. The van der Waals surface area contributed by atoms with Gasteiger partial charge in [-0.15, -0.1) is 0 Å². The summed E-state index contributed by atoms with van der Waals surface area (Å²) in [4.78, 5) is 13.9. The molecule has 94 valence electrons. The van der Waals surface area contributed by atoms with E-state index >= 15 is 0 Å². The molecular weight excluding hydrogens is 228 g/mol. The van der Waals surface area contributed by atoms with Gasteiger partial charge in [-0.05, 0) is 41.3 Å². The number of hydrogen-bond acceptors (Lipinski definition) is 3. The second-order valence-electron chi connectivity index (χ2n) is 4.07. The van der Waals surface area contributed by atoms with Crippen LogP contribution in [0.2, 0.25) is 0 Å². The third kappa shape index (κ3) is 2.37. The zero-order valence-electron chi connectivity index (χ0n) is 10.5. The number of pyridine rings is 1. The Bertz CT molecular complexity index is 617. The molecule has 0 bridgehead atoms. The van der Waals surface area contributed by atoms with Crippen molar-refractivity contribution in [3.63, 3.8) is 0 Å². The van der Waals surface area contributed by atoms with E-state index in [0.717, 1.165) is 28.9 Å². The van der Waals surface area contributed by atoms with Crippen molar-refractivity contribution in [2.45, 2.75) is 13.3 Å². The van der Waals surface area contributed by atoms with Gasteiger partial charge < -0.3 is 15.5 Å². The van der Waals surface area contributed by atoms with Crippen LogP contribution in [0.25, 0.3) is 11.1 Å². The molecule has 2 rings (SSSR count). The van der Waals surface area contributed by atoms with Gasteiger partial charge in [-0.3, -0.25) is 4.79 Å². The van der Waals surface area contributed by atoms with Crippen molar-refractivity contribution in [1.82, 2.24) is 4.98 Å². The molecule has 4 nitrogen and oxygen atoms in total. The van der Waals surface area contributed by atoms with Crippen LogP contribution in [0.4, 0.5) is 5.82 Å². The van der Waals surface area contributed by atoms with Gasteiger partial charge in [0, 0.05) is 6.07 Å². The number of anilines is 1. The first-order valence-electron chi connectivity index (χ1n) is 5.81. The fourth-order valence-corrected chi connectivity index (χ4v) is 1.97. The average Bonchev–Trinajstić information content (AvgIpc) is 2.36. The zero-order chi connectivity index (χ0) is 13.1. The number of rotatable bonds is 3. The summed E-state index contributed by atoms with van der Waals surface area (Å²) in [5.41, 5.74) is 8.33. The fourth-order valence-electron chi connectivity index (χ4n) is 1.97. The normalized spacial score (nSPS) is 10.3. The van der Waals surface area contributed by atoms with Gasteiger partial charge in [0.25, 0.3) is 0 Å². The van der Waals surface area contributed by atoms with Gasteiger partial charge in [-0.1, -0.05) is 13.0 Å². The van der Waals surface area contributed by atoms with Gasteiger partial charge >= 0.3 is 0 Å². The lowest BCUT2D eigenvalue weighted by molar-refractivity contribution is 0.410. The highest BCUT2D eigenvalue weighted by Gasteiger charge is 2.05. The minimum atomic E-state index is -0.195. The lowest BCUT2D eigenvalue weighted by Crippen LogP contribution is -2.07. The van der Waals surface area contributed by atoms with E-state index in [1.165, 1.54) is 6.07 Å². The van der Waals surface area contributed by atoms with Gasteiger partial charge in [0.2, 0.25) is 5.56 Å². The molecule has 0 unspecified atom stereocenters. The molecule has 2 aromatic rings. The van der Waals surface area contributed by atoms with Crippen molar-refractivity contribution in [3.8, 4) is 16.9 Å². The number of nitrogens with two attached hydrogens (primary N) is 1. The standard InChI is InChI=1S/C14H16N2O2/c1-3-9-6-10(4-5-12(9)18-2)11-7-13(15)16-14(17)8-11/h4-8H,3H2,1-2H3,(H3,15,16,17). The lowest BCUT2D eigenvalue weighted by atomic mass is 10.0. The Hall–Kier alpha value is -2.23. The van der Waals surface area contributed by atoms with Gasteiger partial charge in [0.05, 0.1) is 7.11 Å². The van der Waals surface area contributed by atoms with Crippen molar-refractivity contribution in [2.24, 2.45) is 0 Å². The number of H-pyrrole nitrogens is 1. The molecule has 0 atom stereocenters. The zero-order valence-corrected chi connectivity index (χ0v) is 10.5. The van der Waals surface area contributed by atoms with E-state index < -0.39 is 0 Å². The van der Waals surface area contributed by atoms with E-state index in [1.807, 2.05) is 18.2 Å². The molecule has 0 aliphatic heterocycles. The highest BCUT2D eigenvalue weighted by molar-refractivity contribution is 5.67. The van der Waals surface area contributed by atoms with Gasteiger partial charge in [0.1, 0.15) is 11.6 Å². The van der Waals surface area contributed by atoms with Crippen molar-refractivity contribution < 1.29 is 4.74 Å². The van der Waals surface area contributed by atoms with Crippen LogP contribution in [-0.2, 0) is 6.42 Å². The number of nitrogens with one attached hydrogen (secondary N) is 1. The largest absolute Gasteiger partial charge is 0.496 e. The molecule has 1 heterocycles. The predicted molar refractivity (Wildman–Crippen MR) is 72.8 cm³/mol. The molecule has 0 radical (unpaired) electrons. The van der Waals surface area contributed by atoms with Crippen LogP contribution in [0.3, 0.4) is 0 Å². The number of aromatic nitrogens is 1. The summed E-state index contributed by atoms with van der Waals surface area (Å²) < 4.78 is 5.28. The second-order valence-corrected chi connectivity index (χ2v) is 4.07. The quantitative estimate of drug-likeness (QED) is 0.869. The number of aromatic amines is 1. The lowest BCUT2D eigenvalue weighted by Gasteiger charge is -2.09. The highest BCUT2D eigenvalue weighted by atomic mass is 16.5. The molecule has 4 heteroatoms. The van der Waals surface area contributed by atoms with E-state index in [2.05, 4.69) is 11.9 Å². The molecule has 0 aliphatic rings. The van der Waals surface area contributed by atoms with Crippen LogP contribution in [0.15, 0.2) is 35.1 Å². The third-order valence-corrected chi connectivity index (χ3v) is 2.86. The topological polar surface area (TPSA) is 68.1 Å². The van der Waals surface area contributed by atoms with Crippen LogP contribution >= 0.6 is 0 Å². The number of methoxy groups -OCH3 is 1. The summed E-state index contributed by atoms with van der Waals surface area (Å²) in [6.07, 6.45) is 0.871. The number of benzene rings is 1. The van der Waals surface area contributed by atoms with Crippen molar-refractivity contribution >= 4 is 5.82 Å². The molecular formula is C14H16N2O2.